The van der Waals surface area contributed by atoms with E-state index in [1.54, 1.807) is 39.0 Å². The molecule has 8 nitrogen and oxygen atoms in total. The number of carboxylic acid groups (broad SMARTS) is 1. The minimum absolute atomic E-state index is 0.0998. The Hall–Kier alpha value is -2.77. The average Bonchev–Trinajstić information content (AvgIpc) is 2.83. The minimum Gasteiger partial charge on any atom is -0.489 e. The number of nitrogens with one attached hydrogen (secondary N) is 1. The number of aliphatic carboxylic acids is 1. The van der Waals surface area contributed by atoms with E-state index >= 15 is 0 Å². The Morgan fingerprint density at radius 3 is 2.72 bits per heavy atom. The Kier molecular flexibility index (Phi) is 4.06. The first-order valence-corrected chi connectivity index (χ1v) is 7.97. The monoisotopic (exact) mass is 348 g/mol. The lowest BCUT2D eigenvalue weighted by Crippen LogP contribution is -2.54. The molecule has 2 heterocycles. The maximum atomic E-state index is 12.9. The number of rotatable bonds is 2. The van der Waals surface area contributed by atoms with Gasteiger partial charge in [0, 0.05) is 6.42 Å². The highest BCUT2D eigenvalue weighted by atomic mass is 16.6. The largest absolute Gasteiger partial charge is 0.489 e. The van der Waals surface area contributed by atoms with Gasteiger partial charge in [0.05, 0.1) is 5.69 Å². The number of carbonyl (C=O) groups is 3. The average molecular weight is 348 g/mol. The second-order valence-electron chi connectivity index (χ2n) is 7.04. The van der Waals surface area contributed by atoms with Crippen molar-refractivity contribution in [1.29, 1.82) is 0 Å². The van der Waals surface area contributed by atoms with Crippen LogP contribution in [0.4, 0.5) is 10.5 Å². The summed E-state index contributed by atoms with van der Waals surface area (Å²) in [7, 11) is 0. The zero-order chi connectivity index (χ0) is 18.4. The molecule has 1 aromatic rings. The molecule has 0 radical (unpaired) electrons. The number of alkyl carbamates (subject to hydrolysis) is 1. The fourth-order valence-electron chi connectivity index (χ4n) is 3.00. The second-order valence-corrected chi connectivity index (χ2v) is 7.04. The highest BCUT2D eigenvalue weighted by Crippen LogP contribution is 2.42. The van der Waals surface area contributed by atoms with Gasteiger partial charge in [0.15, 0.2) is 0 Å². The number of nitrogens with zero attached hydrogens (tertiary/aromatic N) is 1. The summed E-state index contributed by atoms with van der Waals surface area (Å²) in [5.41, 5.74) is 0.482. The fourth-order valence-corrected chi connectivity index (χ4v) is 3.00. The normalized spacial score (nSPS) is 21.9. The van der Waals surface area contributed by atoms with Crippen LogP contribution < -0.4 is 15.0 Å². The number of hydrogen-bond acceptors (Lipinski definition) is 5. The van der Waals surface area contributed by atoms with Gasteiger partial charge in [-0.1, -0.05) is 12.1 Å². The molecule has 2 aliphatic rings. The lowest BCUT2D eigenvalue weighted by atomic mass is 10.1. The summed E-state index contributed by atoms with van der Waals surface area (Å²) in [6.07, 6.45) is -0.557. The number of hydrogen-bond donors (Lipinski definition) is 2. The van der Waals surface area contributed by atoms with Crippen molar-refractivity contribution in [1.82, 2.24) is 5.32 Å². The summed E-state index contributed by atoms with van der Waals surface area (Å²) in [5, 5.41) is 12.0. The minimum atomic E-state index is -1.10. The summed E-state index contributed by atoms with van der Waals surface area (Å²) in [6, 6.07) is 3.15. The fraction of sp³-hybridized carbons (Fsp3) is 0.471. The first kappa shape index (κ1) is 17.1. The predicted octanol–water partition coefficient (Wildman–Crippen LogP) is 1.31. The molecule has 2 N–H and O–H groups in total. The third-order valence-corrected chi connectivity index (χ3v) is 3.97. The number of amides is 2. The lowest BCUT2D eigenvalue weighted by molar-refractivity contribution is -0.140. The van der Waals surface area contributed by atoms with E-state index in [1.807, 2.05) is 0 Å². The third kappa shape index (κ3) is 3.24. The number of carbonyl (C=O) groups excluding carboxylic acids is 2. The molecule has 25 heavy (non-hydrogen) atoms. The van der Waals surface area contributed by atoms with Crippen molar-refractivity contribution >= 4 is 23.7 Å². The Labute approximate surface area is 144 Å². The number of anilines is 1. The molecule has 1 aromatic carbocycles. The highest BCUT2D eigenvalue weighted by molar-refractivity contribution is 6.07. The van der Waals surface area contributed by atoms with Gasteiger partial charge in [-0.2, -0.15) is 0 Å². The predicted molar refractivity (Wildman–Crippen MR) is 87.7 cm³/mol. The molecule has 8 heteroatoms. The molecule has 0 aliphatic carbocycles. The summed E-state index contributed by atoms with van der Waals surface area (Å²) in [5.74, 6) is -1.20. The van der Waals surface area contributed by atoms with Crippen LogP contribution in [0.1, 0.15) is 26.3 Å². The van der Waals surface area contributed by atoms with Crippen LogP contribution in [0.25, 0.3) is 0 Å². The van der Waals surface area contributed by atoms with Gasteiger partial charge in [-0.05, 0) is 32.4 Å². The maximum Gasteiger partial charge on any atom is 0.408 e. The van der Waals surface area contributed by atoms with E-state index in [0.29, 0.717) is 11.4 Å². The maximum absolute atomic E-state index is 12.9. The van der Waals surface area contributed by atoms with E-state index in [2.05, 4.69) is 5.32 Å². The van der Waals surface area contributed by atoms with E-state index in [0.717, 1.165) is 5.56 Å². The van der Waals surface area contributed by atoms with Crippen LogP contribution in [0, 0.1) is 0 Å². The zero-order valence-corrected chi connectivity index (χ0v) is 14.2. The van der Waals surface area contributed by atoms with E-state index in [9.17, 15) is 19.5 Å². The van der Waals surface area contributed by atoms with Crippen LogP contribution >= 0.6 is 0 Å². The van der Waals surface area contributed by atoms with Crippen LogP contribution in [0.5, 0.6) is 5.75 Å². The summed E-state index contributed by atoms with van der Waals surface area (Å²) in [4.78, 5) is 37.7. The van der Waals surface area contributed by atoms with Crippen molar-refractivity contribution in [3.05, 3.63) is 23.8 Å². The van der Waals surface area contributed by atoms with Crippen molar-refractivity contribution in [2.24, 2.45) is 0 Å². The topological polar surface area (TPSA) is 105 Å². The Morgan fingerprint density at radius 2 is 2.08 bits per heavy atom. The van der Waals surface area contributed by atoms with Gasteiger partial charge in [-0.25, -0.2) is 9.59 Å². The number of para-hydroxylation sites is 1. The number of carboxylic acids is 1. The van der Waals surface area contributed by atoms with Gasteiger partial charge >= 0.3 is 12.1 Å². The van der Waals surface area contributed by atoms with Gasteiger partial charge in [0.25, 0.3) is 5.91 Å². The number of ether oxygens (including phenoxy) is 2. The van der Waals surface area contributed by atoms with E-state index in [1.165, 1.54) is 4.90 Å². The molecule has 0 fully saturated rings. The van der Waals surface area contributed by atoms with Gasteiger partial charge in [0.1, 0.15) is 30.0 Å². The molecular weight excluding hydrogens is 328 g/mol. The van der Waals surface area contributed by atoms with Gasteiger partial charge < -0.3 is 19.9 Å². The van der Waals surface area contributed by atoms with Crippen molar-refractivity contribution < 1.29 is 29.0 Å². The Balaban J connectivity index is 1.89. The molecule has 2 amide bonds. The quantitative estimate of drug-likeness (QED) is 0.835. The SMILES string of the molecule is CC(C)(C)OC(=O)N[C@H]1COc2cccc3c2N(C1=O)[C@H](C(=O)O)C3. The molecule has 134 valence electrons. The first-order chi connectivity index (χ1) is 11.7. The molecule has 2 atom stereocenters. The van der Waals surface area contributed by atoms with Crippen molar-refractivity contribution in [2.75, 3.05) is 11.5 Å². The van der Waals surface area contributed by atoms with Crippen LogP contribution in [-0.4, -0.2) is 47.4 Å². The number of benzene rings is 1. The molecule has 0 spiro atoms. The third-order valence-electron chi connectivity index (χ3n) is 3.97. The van der Waals surface area contributed by atoms with Crippen LogP contribution in [0.3, 0.4) is 0 Å². The zero-order valence-electron chi connectivity index (χ0n) is 14.2. The van der Waals surface area contributed by atoms with Crippen molar-refractivity contribution in [2.45, 2.75) is 44.9 Å². The standard InChI is InChI=1S/C17H20N2O6/c1-17(2,3)25-16(23)18-10-8-24-12-6-4-5-9-7-11(15(21)22)19(13(9)12)14(10)20/h4-6,10-11H,7-8H2,1-3H3,(H,18,23)(H,21,22)/t10-,11-/m0/s1. The van der Waals surface area contributed by atoms with Gasteiger partial charge in [-0.15, -0.1) is 0 Å². The summed E-state index contributed by atoms with van der Waals surface area (Å²) >= 11 is 0. The Morgan fingerprint density at radius 1 is 1.36 bits per heavy atom. The van der Waals surface area contributed by atoms with Crippen molar-refractivity contribution in [3.8, 4) is 5.75 Å². The van der Waals surface area contributed by atoms with Crippen LogP contribution in [0.15, 0.2) is 18.2 Å². The molecule has 2 aliphatic heterocycles. The molecule has 0 unspecified atom stereocenters. The smallest absolute Gasteiger partial charge is 0.408 e. The van der Waals surface area contributed by atoms with E-state index in [4.69, 9.17) is 9.47 Å². The van der Waals surface area contributed by atoms with Crippen LogP contribution in [-0.2, 0) is 20.7 Å². The second kappa shape index (κ2) is 5.94. The molecule has 0 saturated heterocycles. The van der Waals surface area contributed by atoms with E-state index < -0.39 is 35.7 Å². The van der Waals surface area contributed by atoms with Gasteiger partial charge in [-0.3, -0.25) is 9.69 Å². The van der Waals surface area contributed by atoms with E-state index in [-0.39, 0.29) is 13.0 Å². The van der Waals surface area contributed by atoms with Crippen molar-refractivity contribution in [3.63, 3.8) is 0 Å². The highest BCUT2D eigenvalue weighted by Gasteiger charge is 2.45. The lowest BCUT2D eigenvalue weighted by Gasteiger charge is -2.26. The summed E-state index contributed by atoms with van der Waals surface area (Å²) in [6.45, 7) is 5.03. The summed E-state index contributed by atoms with van der Waals surface area (Å²) < 4.78 is 10.8. The first-order valence-electron chi connectivity index (χ1n) is 7.97. The van der Waals surface area contributed by atoms with Gasteiger partial charge in [0.2, 0.25) is 0 Å². The Bertz CT molecular complexity index is 739. The molecule has 0 bridgehead atoms. The molecular formula is C17H20N2O6. The van der Waals surface area contributed by atoms with Crippen LogP contribution in [0.2, 0.25) is 0 Å². The molecule has 0 saturated carbocycles. The molecule has 0 aromatic heterocycles. The molecule has 3 rings (SSSR count).